The van der Waals surface area contributed by atoms with E-state index in [1.165, 1.54) is 11.8 Å². The Labute approximate surface area is 120 Å². The minimum absolute atomic E-state index is 0.118. The van der Waals surface area contributed by atoms with Crippen molar-refractivity contribution in [1.29, 1.82) is 0 Å². The Bertz CT molecular complexity index is 603. The standard InChI is InChI=1S/C12H15N5O2S/c1-17-12(14-15-16-17)20-7-9(13)8-2-3-10-11(6-8)19-5-4-18-10/h2-3,6,9H,4-5,7,13H2,1H3. The van der Waals surface area contributed by atoms with Gasteiger partial charge >= 0.3 is 0 Å². The number of fused-ring (bicyclic) bond motifs is 1. The van der Waals surface area contributed by atoms with Crippen LogP contribution in [-0.2, 0) is 7.05 Å². The molecule has 1 aromatic carbocycles. The van der Waals surface area contributed by atoms with Gasteiger partial charge in [0.15, 0.2) is 11.5 Å². The fourth-order valence-corrected chi connectivity index (χ4v) is 2.73. The van der Waals surface area contributed by atoms with Gasteiger partial charge in [-0.15, -0.1) is 5.10 Å². The van der Waals surface area contributed by atoms with Crippen LogP contribution in [-0.4, -0.2) is 39.2 Å². The maximum Gasteiger partial charge on any atom is 0.209 e. The van der Waals surface area contributed by atoms with Crippen molar-refractivity contribution < 1.29 is 9.47 Å². The third-order valence-corrected chi connectivity index (χ3v) is 4.10. The van der Waals surface area contributed by atoms with E-state index in [1.807, 2.05) is 18.2 Å². The second kappa shape index (κ2) is 5.68. The van der Waals surface area contributed by atoms with E-state index in [9.17, 15) is 0 Å². The van der Waals surface area contributed by atoms with Gasteiger partial charge in [-0.2, -0.15) is 0 Å². The van der Waals surface area contributed by atoms with Crippen LogP contribution in [0, 0.1) is 0 Å². The molecule has 1 aliphatic heterocycles. The van der Waals surface area contributed by atoms with Gasteiger partial charge < -0.3 is 15.2 Å². The first kappa shape index (κ1) is 13.2. The average molecular weight is 293 g/mol. The minimum Gasteiger partial charge on any atom is -0.486 e. The zero-order valence-corrected chi connectivity index (χ0v) is 11.8. The van der Waals surface area contributed by atoms with Crippen LogP contribution in [0.2, 0.25) is 0 Å². The number of aromatic nitrogens is 4. The maximum absolute atomic E-state index is 6.20. The zero-order valence-electron chi connectivity index (χ0n) is 11.0. The molecule has 106 valence electrons. The van der Waals surface area contributed by atoms with Gasteiger partial charge in [-0.1, -0.05) is 17.8 Å². The highest BCUT2D eigenvalue weighted by molar-refractivity contribution is 7.99. The second-order valence-corrected chi connectivity index (χ2v) is 5.39. The van der Waals surface area contributed by atoms with Crippen LogP contribution in [0.25, 0.3) is 0 Å². The molecule has 2 aromatic rings. The molecule has 0 saturated heterocycles. The number of hydrogen-bond acceptors (Lipinski definition) is 7. The molecule has 0 radical (unpaired) electrons. The number of ether oxygens (including phenoxy) is 2. The first-order valence-electron chi connectivity index (χ1n) is 6.24. The van der Waals surface area contributed by atoms with Crippen LogP contribution >= 0.6 is 11.8 Å². The Morgan fingerprint density at radius 2 is 2.15 bits per heavy atom. The van der Waals surface area contributed by atoms with Crippen LogP contribution in [0.5, 0.6) is 11.5 Å². The minimum atomic E-state index is -0.118. The summed E-state index contributed by atoms with van der Waals surface area (Å²) in [5.41, 5.74) is 7.21. The van der Waals surface area contributed by atoms with Gasteiger partial charge in [-0.3, -0.25) is 0 Å². The van der Waals surface area contributed by atoms with Gasteiger partial charge in [-0.25, -0.2) is 4.68 Å². The van der Waals surface area contributed by atoms with Crippen molar-refractivity contribution in [1.82, 2.24) is 20.2 Å². The molecule has 1 unspecified atom stereocenters. The lowest BCUT2D eigenvalue weighted by Gasteiger charge is -2.20. The Morgan fingerprint density at radius 3 is 2.90 bits per heavy atom. The van der Waals surface area contributed by atoms with Gasteiger partial charge in [-0.05, 0) is 28.1 Å². The van der Waals surface area contributed by atoms with Crippen LogP contribution in [0.15, 0.2) is 23.4 Å². The maximum atomic E-state index is 6.20. The molecule has 1 aromatic heterocycles. The highest BCUT2D eigenvalue weighted by Gasteiger charge is 2.15. The molecule has 2 N–H and O–H groups in total. The summed E-state index contributed by atoms with van der Waals surface area (Å²) in [5, 5.41) is 12.0. The largest absolute Gasteiger partial charge is 0.486 e. The van der Waals surface area contributed by atoms with E-state index in [1.54, 1.807) is 11.7 Å². The van der Waals surface area contributed by atoms with E-state index in [-0.39, 0.29) is 6.04 Å². The number of thioether (sulfide) groups is 1. The van der Waals surface area contributed by atoms with Crippen LogP contribution in [0.3, 0.4) is 0 Å². The van der Waals surface area contributed by atoms with Crippen LogP contribution in [0.1, 0.15) is 11.6 Å². The van der Waals surface area contributed by atoms with E-state index < -0.39 is 0 Å². The number of rotatable bonds is 4. The Morgan fingerprint density at radius 1 is 1.35 bits per heavy atom. The van der Waals surface area contributed by atoms with Crippen molar-refractivity contribution in [2.75, 3.05) is 19.0 Å². The van der Waals surface area contributed by atoms with Crippen molar-refractivity contribution in [3.05, 3.63) is 23.8 Å². The molecule has 0 saturated carbocycles. The first-order valence-corrected chi connectivity index (χ1v) is 7.23. The summed E-state index contributed by atoms with van der Waals surface area (Å²) in [6.45, 7) is 1.17. The number of hydrogen-bond donors (Lipinski definition) is 1. The number of nitrogens with zero attached hydrogens (tertiary/aromatic N) is 4. The number of tetrazole rings is 1. The Hall–Kier alpha value is -1.80. The van der Waals surface area contributed by atoms with Crippen molar-refractivity contribution in [2.24, 2.45) is 12.8 Å². The predicted molar refractivity (Wildman–Crippen MR) is 73.9 cm³/mol. The fourth-order valence-electron chi connectivity index (χ4n) is 1.89. The summed E-state index contributed by atoms with van der Waals surface area (Å²) in [6, 6.07) is 5.69. The smallest absolute Gasteiger partial charge is 0.209 e. The molecule has 0 fully saturated rings. The topological polar surface area (TPSA) is 88.1 Å². The second-order valence-electron chi connectivity index (χ2n) is 4.41. The lowest BCUT2D eigenvalue weighted by molar-refractivity contribution is 0.171. The van der Waals surface area contributed by atoms with Gasteiger partial charge in [0.2, 0.25) is 5.16 Å². The van der Waals surface area contributed by atoms with Crippen LogP contribution < -0.4 is 15.2 Å². The highest BCUT2D eigenvalue weighted by Crippen LogP contribution is 2.33. The van der Waals surface area contributed by atoms with Crippen molar-refractivity contribution in [2.45, 2.75) is 11.2 Å². The number of aryl methyl sites for hydroxylation is 1. The first-order chi connectivity index (χ1) is 9.74. The fraction of sp³-hybridized carbons (Fsp3) is 0.417. The molecule has 1 aliphatic rings. The molecule has 0 amide bonds. The molecule has 0 spiro atoms. The van der Waals surface area contributed by atoms with Crippen LogP contribution in [0.4, 0.5) is 0 Å². The summed E-state index contributed by atoms with van der Waals surface area (Å²) < 4.78 is 12.7. The van der Waals surface area contributed by atoms with E-state index in [0.717, 1.165) is 22.2 Å². The molecule has 0 bridgehead atoms. The van der Waals surface area contributed by atoms with Gasteiger partial charge in [0, 0.05) is 18.8 Å². The predicted octanol–water partition coefficient (Wildman–Crippen LogP) is 0.773. The van der Waals surface area contributed by atoms with Crippen molar-refractivity contribution in [3.8, 4) is 11.5 Å². The van der Waals surface area contributed by atoms with Gasteiger partial charge in [0.05, 0.1) is 0 Å². The molecule has 20 heavy (non-hydrogen) atoms. The zero-order chi connectivity index (χ0) is 13.9. The van der Waals surface area contributed by atoms with Crippen molar-refractivity contribution in [3.63, 3.8) is 0 Å². The van der Waals surface area contributed by atoms with E-state index in [0.29, 0.717) is 19.0 Å². The van der Waals surface area contributed by atoms with Gasteiger partial charge in [0.25, 0.3) is 0 Å². The van der Waals surface area contributed by atoms with Crippen molar-refractivity contribution >= 4 is 11.8 Å². The third kappa shape index (κ3) is 2.70. The molecule has 7 nitrogen and oxygen atoms in total. The molecule has 0 aliphatic carbocycles. The molecule has 2 heterocycles. The molecular weight excluding hydrogens is 278 g/mol. The number of nitrogens with two attached hydrogens (primary N) is 1. The van der Waals surface area contributed by atoms with E-state index in [4.69, 9.17) is 15.2 Å². The summed E-state index contributed by atoms with van der Waals surface area (Å²) in [5.74, 6) is 2.22. The summed E-state index contributed by atoms with van der Waals surface area (Å²) in [6.07, 6.45) is 0. The quantitative estimate of drug-likeness (QED) is 0.833. The number of benzene rings is 1. The van der Waals surface area contributed by atoms with Gasteiger partial charge in [0.1, 0.15) is 13.2 Å². The SMILES string of the molecule is Cn1nnnc1SCC(N)c1ccc2c(c1)OCCO2. The monoisotopic (exact) mass is 293 g/mol. The van der Waals surface area contributed by atoms with E-state index in [2.05, 4.69) is 15.5 Å². The highest BCUT2D eigenvalue weighted by atomic mass is 32.2. The summed E-state index contributed by atoms with van der Waals surface area (Å²) in [4.78, 5) is 0. The third-order valence-electron chi connectivity index (χ3n) is 2.97. The molecular formula is C12H15N5O2S. The molecule has 8 heteroatoms. The summed E-state index contributed by atoms with van der Waals surface area (Å²) >= 11 is 1.52. The lowest BCUT2D eigenvalue weighted by Crippen LogP contribution is -2.17. The average Bonchev–Trinajstić information content (AvgIpc) is 2.89. The molecule has 1 atom stereocenters. The Kier molecular flexibility index (Phi) is 3.75. The normalized spacial score (nSPS) is 15.1. The summed E-state index contributed by atoms with van der Waals surface area (Å²) in [7, 11) is 1.80. The molecule has 3 rings (SSSR count). The van der Waals surface area contributed by atoms with E-state index >= 15 is 0 Å². The lowest BCUT2D eigenvalue weighted by atomic mass is 10.1. The Balaban J connectivity index is 1.67.